The maximum Gasteiger partial charge on any atom is 0.416 e. The molecule has 0 saturated heterocycles. The number of benzene rings is 1. The van der Waals surface area contributed by atoms with Gasteiger partial charge >= 0.3 is 18.3 Å². The van der Waals surface area contributed by atoms with Crippen molar-refractivity contribution in [2.24, 2.45) is 0 Å². The Morgan fingerprint density at radius 2 is 1.22 bits per heavy atom. The highest BCUT2D eigenvalue weighted by atomic mass is 35.5. The van der Waals surface area contributed by atoms with Crippen molar-refractivity contribution in [3.8, 4) is 0 Å². The summed E-state index contributed by atoms with van der Waals surface area (Å²) < 4.78 is 73.4. The fourth-order valence-electron chi connectivity index (χ4n) is 1.08. The first-order valence-corrected chi connectivity index (χ1v) is 4.04. The molecule has 1 aromatic carbocycles. The van der Waals surface area contributed by atoms with Crippen LogP contribution < -0.4 is 0 Å². The average molecular weight is 295 g/mol. The fourth-order valence-corrected chi connectivity index (χ4v) is 1.08. The van der Waals surface area contributed by atoms with Crippen LogP contribution in [-0.4, -0.2) is 11.1 Å². The van der Waals surface area contributed by atoms with E-state index < -0.39 is 35.0 Å². The van der Waals surface area contributed by atoms with E-state index in [2.05, 4.69) is 0 Å². The van der Waals surface area contributed by atoms with Crippen LogP contribution in [0.3, 0.4) is 0 Å². The molecule has 1 N–H and O–H groups in total. The first-order valence-electron chi connectivity index (χ1n) is 4.04. The number of hydrogen-bond acceptors (Lipinski definition) is 1. The molecular formula is C9H5ClF6O2. The Balaban J connectivity index is 0.00000289. The predicted octanol–water partition coefficient (Wildman–Crippen LogP) is 3.84. The van der Waals surface area contributed by atoms with Crippen molar-refractivity contribution in [3.05, 3.63) is 34.9 Å². The van der Waals surface area contributed by atoms with E-state index in [0.717, 1.165) is 0 Å². The average Bonchev–Trinajstić information content (AvgIpc) is 2.14. The monoisotopic (exact) mass is 294 g/mol. The third-order valence-electron chi connectivity index (χ3n) is 1.83. The molecule has 0 bridgehead atoms. The molecule has 0 unspecified atom stereocenters. The van der Waals surface area contributed by atoms with Gasteiger partial charge in [-0.2, -0.15) is 26.3 Å². The second-order valence-electron chi connectivity index (χ2n) is 3.10. The Kier molecular flexibility index (Phi) is 4.65. The summed E-state index contributed by atoms with van der Waals surface area (Å²) in [5, 5.41) is 8.43. The molecule has 9 heteroatoms. The zero-order chi connectivity index (χ0) is 13.4. The lowest BCUT2D eigenvalue weighted by atomic mass is 10.0. The summed E-state index contributed by atoms with van der Waals surface area (Å²) in [5.74, 6) is -1.86. The van der Waals surface area contributed by atoms with Crippen LogP contribution in [-0.2, 0) is 12.4 Å². The van der Waals surface area contributed by atoms with Crippen LogP contribution in [0.1, 0.15) is 21.5 Å². The number of aromatic carboxylic acids is 1. The Labute approximate surface area is 103 Å². The molecular weight excluding hydrogens is 290 g/mol. The van der Waals surface area contributed by atoms with Crippen molar-refractivity contribution < 1.29 is 36.2 Å². The molecule has 1 rings (SSSR count). The molecule has 1 aromatic rings. The van der Waals surface area contributed by atoms with Gasteiger partial charge in [-0.15, -0.1) is 12.4 Å². The van der Waals surface area contributed by atoms with Crippen molar-refractivity contribution in [2.75, 3.05) is 0 Å². The third kappa shape index (κ3) is 3.80. The van der Waals surface area contributed by atoms with Gasteiger partial charge in [0.25, 0.3) is 0 Å². The van der Waals surface area contributed by atoms with Crippen molar-refractivity contribution >= 4 is 18.4 Å². The highest BCUT2D eigenvalue weighted by molar-refractivity contribution is 5.88. The van der Waals surface area contributed by atoms with Gasteiger partial charge in [-0.05, 0) is 18.2 Å². The van der Waals surface area contributed by atoms with E-state index in [1.165, 1.54) is 0 Å². The van der Waals surface area contributed by atoms with Crippen LogP contribution >= 0.6 is 12.4 Å². The Bertz CT molecular complexity index is 419. The van der Waals surface area contributed by atoms with E-state index in [9.17, 15) is 31.1 Å². The number of hydrogen-bond donors (Lipinski definition) is 1. The second-order valence-corrected chi connectivity index (χ2v) is 3.10. The van der Waals surface area contributed by atoms with Gasteiger partial charge in [-0.25, -0.2) is 4.79 Å². The van der Waals surface area contributed by atoms with Crippen LogP contribution in [0, 0.1) is 0 Å². The molecule has 0 fully saturated rings. The SMILES string of the molecule is Cl.O=C(O)c1cc(C(F)(F)F)cc(C(F)(F)F)c1. The van der Waals surface area contributed by atoms with Gasteiger partial charge < -0.3 is 5.11 Å². The van der Waals surface area contributed by atoms with Gasteiger partial charge in [0, 0.05) is 0 Å². The number of halogens is 7. The molecule has 0 amide bonds. The lowest BCUT2D eigenvalue weighted by molar-refractivity contribution is -0.143. The first kappa shape index (κ1) is 16.6. The molecule has 0 aromatic heterocycles. The van der Waals surface area contributed by atoms with Gasteiger partial charge in [0.2, 0.25) is 0 Å². The summed E-state index contributed by atoms with van der Waals surface area (Å²) in [4.78, 5) is 10.4. The molecule has 2 nitrogen and oxygen atoms in total. The second kappa shape index (κ2) is 5.05. The zero-order valence-electron chi connectivity index (χ0n) is 8.26. The van der Waals surface area contributed by atoms with Crippen molar-refractivity contribution in [1.82, 2.24) is 0 Å². The van der Waals surface area contributed by atoms with Crippen LogP contribution in [0.2, 0.25) is 0 Å². The summed E-state index contributed by atoms with van der Waals surface area (Å²) in [5.41, 5.74) is -4.36. The third-order valence-corrected chi connectivity index (χ3v) is 1.83. The summed E-state index contributed by atoms with van der Waals surface area (Å²) in [6, 6.07) is 0.168. The first-order chi connectivity index (χ1) is 7.51. The van der Waals surface area contributed by atoms with Crippen LogP contribution in [0.4, 0.5) is 26.3 Å². The number of carboxylic acid groups (broad SMARTS) is 1. The van der Waals surface area contributed by atoms with E-state index in [1.54, 1.807) is 0 Å². The lowest BCUT2D eigenvalue weighted by Crippen LogP contribution is -2.13. The maximum atomic E-state index is 12.2. The molecule has 0 radical (unpaired) electrons. The predicted molar refractivity (Wildman–Crippen MR) is 50.7 cm³/mol. The van der Waals surface area contributed by atoms with E-state index in [1.807, 2.05) is 0 Å². The maximum absolute atomic E-state index is 12.2. The smallest absolute Gasteiger partial charge is 0.416 e. The van der Waals surface area contributed by atoms with E-state index in [-0.39, 0.29) is 30.6 Å². The Morgan fingerprint density at radius 3 is 1.44 bits per heavy atom. The minimum Gasteiger partial charge on any atom is -0.478 e. The number of carboxylic acids is 1. The highest BCUT2D eigenvalue weighted by Crippen LogP contribution is 2.36. The van der Waals surface area contributed by atoms with Gasteiger partial charge in [0.15, 0.2) is 0 Å². The summed E-state index contributed by atoms with van der Waals surface area (Å²) in [6.45, 7) is 0. The molecule has 102 valence electrons. The quantitative estimate of drug-likeness (QED) is 0.799. The summed E-state index contributed by atoms with van der Waals surface area (Å²) >= 11 is 0. The van der Waals surface area contributed by atoms with Gasteiger partial charge in [-0.3, -0.25) is 0 Å². The lowest BCUT2D eigenvalue weighted by Gasteiger charge is -2.12. The zero-order valence-corrected chi connectivity index (χ0v) is 9.08. The molecule has 0 aliphatic rings. The van der Waals surface area contributed by atoms with Crippen LogP contribution in [0.15, 0.2) is 18.2 Å². The minimum atomic E-state index is -5.04. The molecule has 18 heavy (non-hydrogen) atoms. The van der Waals surface area contributed by atoms with Crippen LogP contribution in [0.5, 0.6) is 0 Å². The minimum absolute atomic E-state index is 0. The van der Waals surface area contributed by atoms with Gasteiger partial charge in [-0.1, -0.05) is 0 Å². The molecule has 0 saturated carbocycles. The van der Waals surface area contributed by atoms with Crippen LogP contribution in [0.25, 0.3) is 0 Å². The molecule has 0 aliphatic carbocycles. The molecule has 0 atom stereocenters. The largest absolute Gasteiger partial charge is 0.478 e. The molecule has 0 spiro atoms. The van der Waals surface area contributed by atoms with Gasteiger partial charge in [0.1, 0.15) is 0 Å². The topological polar surface area (TPSA) is 37.3 Å². The fraction of sp³-hybridized carbons (Fsp3) is 0.222. The van der Waals surface area contributed by atoms with Crippen molar-refractivity contribution in [3.63, 3.8) is 0 Å². The van der Waals surface area contributed by atoms with Crippen molar-refractivity contribution in [2.45, 2.75) is 12.4 Å². The Hall–Kier alpha value is -1.44. The number of carbonyl (C=O) groups is 1. The number of alkyl halides is 6. The number of rotatable bonds is 1. The van der Waals surface area contributed by atoms with Gasteiger partial charge in [0.05, 0.1) is 16.7 Å². The Morgan fingerprint density at radius 1 is 0.889 bits per heavy atom. The van der Waals surface area contributed by atoms with E-state index in [4.69, 9.17) is 5.11 Å². The van der Waals surface area contributed by atoms with E-state index >= 15 is 0 Å². The van der Waals surface area contributed by atoms with Crippen molar-refractivity contribution in [1.29, 1.82) is 0 Å². The van der Waals surface area contributed by atoms with E-state index in [0.29, 0.717) is 0 Å². The summed E-state index contributed by atoms with van der Waals surface area (Å²) in [6.07, 6.45) is -10.1. The molecule has 0 heterocycles. The standard InChI is InChI=1S/C9H4F6O2.ClH/c10-8(11,12)5-1-4(7(16)17)2-6(3-5)9(13,14)15;/h1-3H,(H,16,17);1H. The summed E-state index contributed by atoms with van der Waals surface area (Å²) in [7, 11) is 0. The highest BCUT2D eigenvalue weighted by Gasteiger charge is 2.37. The normalized spacial score (nSPS) is 11.9. The molecule has 0 aliphatic heterocycles.